The van der Waals surface area contributed by atoms with Crippen LogP contribution in [0, 0.1) is 0 Å². The summed E-state index contributed by atoms with van der Waals surface area (Å²) in [7, 11) is 0. The first-order valence-corrected chi connectivity index (χ1v) is 9.33. The van der Waals surface area contributed by atoms with Crippen LogP contribution in [0.15, 0.2) is 0 Å². The van der Waals surface area contributed by atoms with E-state index < -0.39 is 12.3 Å². The fourth-order valence-electron chi connectivity index (χ4n) is 2.20. The highest BCUT2D eigenvalue weighted by atomic mass is 16.7. The van der Waals surface area contributed by atoms with E-state index in [-0.39, 0.29) is 6.61 Å². The van der Waals surface area contributed by atoms with Gasteiger partial charge in [0.1, 0.15) is 0 Å². The second kappa shape index (κ2) is 18.6. The molecule has 0 aliphatic rings. The molecule has 6 heteroatoms. The minimum atomic E-state index is -1.20. The van der Waals surface area contributed by atoms with E-state index in [0.717, 1.165) is 12.8 Å². The zero-order chi connectivity index (χ0) is 17.9. The molecule has 0 bridgehead atoms. The topological polar surface area (TPSA) is 74.2 Å². The Labute approximate surface area is 146 Å². The number of aliphatic carboxylic acids is 1. The quantitative estimate of drug-likeness (QED) is 0.284. The van der Waals surface area contributed by atoms with Crippen LogP contribution < -0.4 is 0 Å². The van der Waals surface area contributed by atoms with Crippen molar-refractivity contribution in [1.29, 1.82) is 0 Å². The van der Waals surface area contributed by atoms with E-state index in [0.29, 0.717) is 33.0 Å². The Morgan fingerprint density at radius 1 is 0.750 bits per heavy atom. The average Bonchev–Trinajstić information content (AvgIpc) is 2.57. The molecular weight excluding hydrogens is 312 g/mol. The minimum Gasteiger partial charge on any atom is -0.477 e. The lowest BCUT2D eigenvalue weighted by Gasteiger charge is -2.14. The average molecular weight is 348 g/mol. The maximum absolute atomic E-state index is 11.1. The van der Waals surface area contributed by atoms with Gasteiger partial charge in [-0.2, -0.15) is 0 Å². The summed E-state index contributed by atoms with van der Waals surface area (Å²) in [4.78, 5) is 11.1. The van der Waals surface area contributed by atoms with Crippen LogP contribution in [0.2, 0.25) is 0 Å². The second-order valence-electron chi connectivity index (χ2n) is 5.70. The molecular formula is C18H36O6. The van der Waals surface area contributed by atoms with Gasteiger partial charge in [0.15, 0.2) is 0 Å². The summed E-state index contributed by atoms with van der Waals surface area (Å²) < 4.78 is 20.9. The molecule has 24 heavy (non-hydrogen) atoms. The summed E-state index contributed by atoms with van der Waals surface area (Å²) in [5, 5.41) is 9.06. The Morgan fingerprint density at radius 2 is 1.29 bits per heavy atom. The van der Waals surface area contributed by atoms with E-state index in [1.54, 1.807) is 0 Å². The molecule has 0 heterocycles. The van der Waals surface area contributed by atoms with Gasteiger partial charge in [-0.3, -0.25) is 0 Å². The summed E-state index contributed by atoms with van der Waals surface area (Å²) >= 11 is 0. The first-order chi connectivity index (χ1) is 11.7. The van der Waals surface area contributed by atoms with Crippen molar-refractivity contribution >= 4 is 5.97 Å². The molecule has 144 valence electrons. The number of carboxylic acids is 1. The minimum absolute atomic E-state index is 0.195. The Balaban J connectivity index is 3.48. The normalized spacial score (nSPS) is 12.4. The third-order valence-corrected chi connectivity index (χ3v) is 3.54. The van der Waals surface area contributed by atoms with Crippen molar-refractivity contribution in [2.45, 2.75) is 71.5 Å². The van der Waals surface area contributed by atoms with Gasteiger partial charge in [-0.05, 0) is 13.3 Å². The van der Waals surface area contributed by atoms with Gasteiger partial charge >= 0.3 is 5.97 Å². The third kappa shape index (κ3) is 16.2. The monoisotopic (exact) mass is 348 g/mol. The highest BCUT2D eigenvalue weighted by Crippen LogP contribution is 2.09. The van der Waals surface area contributed by atoms with Crippen molar-refractivity contribution in [3.05, 3.63) is 0 Å². The largest absolute Gasteiger partial charge is 0.477 e. The van der Waals surface area contributed by atoms with Gasteiger partial charge in [0.25, 0.3) is 6.29 Å². The first-order valence-electron chi connectivity index (χ1n) is 9.33. The van der Waals surface area contributed by atoms with Crippen LogP contribution in [-0.2, 0) is 23.7 Å². The van der Waals surface area contributed by atoms with E-state index in [4.69, 9.17) is 24.1 Å². The van der Waals surface area contributed by atoms with Gasteiger partial charge in [0, 0.05) is 6.61 Å². The van der Waals surface area contributed by atoms with Gasteiger partial charge in [-0.15, -0.1) is 0 Å². The molecule has 0 spiro atoms. The SMILES string of the molecule is CCCCCCCCCCOC(OCCOCCOCC)C(=O)O. The van der Waals surface area contributed by atoms with Crippen LogP contribution >= 0.6 is 0 Å². The van der Waals surface area contributed by atoms with E-state index >= 15 is 0 Å². The van der Waals surface area contributed by atoms with Gasteiger partial charge in [0.2, 0.25) is 0 Å². The number of hydrogen-bond donors (Lipinski definition) is 1. The molecule has 0 aromatic carbocycles. The lowest BCUT2D eigenvalue weighted by molar-refractivity contribution is -0.192. The maximum Gasteiger partial charge on any atom is 0.361 e. The first kappa shape index (κ1) is 23.3. The third-order valence-electron chi connectivity index (χ3n) is 3.54. The molecule has 0 saturated carbocycles. The molecule has 0 amide bonds. The van der Waals surface area contributed by atoms with E-state index in [1.165, 1.54) is 38.5 Å². The van der Waals surface area contributed by atoms with Crippen LogP contribution in [0.1, 0.15) is 65.2 Å². The fraction of sp³-hybridized carbons (Fsp3) is 0.944. The van der Waals surface area contributed by atoms with Crippen molar-refractivity contribution in [1.82, 2.24) is 0 Å². The Hall–Kier alpha value is -0.690. The van der Waals surface area contributed by atoms with Crippen molar-refractivity contribution in [2.75, 3.05) is 39.6 Å². The molecule has 0 rings (SSSR count). The van der Waals surface area contributed by atoms with Gasteiger partial charge in [-0.1, -0.05) is 51.9 Å². The molecule has 0 aliphatic carbocycles. The maximum atomic E-state index is 11.1. The summed E-state index contributed by atoms with van der Waals surface area (Å²) in [6.45, 7) is 6.75. The molecule has 1 unspecified atom stereocenters. The molecule has 0 aromatic heterocycles. The molecule has 0 aliphatic heterocycles. The number of hydrogen-bond acceptors (Lipinski definition) is 5. The van der Waals surface area contributed by atoms with Crippen molar-refractivity contribution in [3.8, 4) is 0 Å². The molecule has 0 radical (unpaired) electrons. The van der Waals surface area contributed by atoms with Crippen LogP contribution in [0.3, 0.4) is 0 Å². The predicted molar refractivity (Wildman–Crippen MR) is 93.2 cm³/mol. The molecule has 6 nitrogen and oxygen atoms in total. The second-order valence-corrected chi connectivity index (χ2v) is 5.70. The standard InChI is InChI=1S/C18H36O6/c1-3-5-6-7-8-9-10-11-12-23-18(17(19)20)24-16-15-22-14-13-21-4-2/h18H,3-16H2,1-2H3,(H,19,20). The van der Waals surface area contributed by atoms with E-state index in [2.05, 4.69) is 6.92 Å². The van der Waals surface area contributed by atoms with Crippen molar-refractivity contribution in [2.24, 2.45) is 0 Å². The van der Waals surface area contributed by atoms with Gasteiger partial charge in [0.05, 0.1) is 33.0 Å². The highest BCUT2D eigenvalue weighted by Gasteiger charge is 2.18. The number of rotatable bonds is 19. The smallest absolute Gasteiger partial charge is 0.361 e. The Kier molecular flexibility index (Phi) is 18.1. The van der Waals surface area contributed by atoms with Crippen LogP contribution in [-0.4, -0.2) is 57.0 Å². The molecule has 0 aromatic rings. The molecule has 1 N–H and O–H groups in total. The lowest BCUT2D eigenvalue weighted by atomic mass is 10.1. The number of carboxylic acid groups (broad SMARTS) is 1. The van der Waals surface area contributed by atoms with E-state index in [1.807, 2.05) is 6.92 Å². The molecule has 1 atom stereocenters. The number of ether oxygens (including phenoxy) is 4. The fourth-order valence-corrected chi connectivity index (χ4v) is 2.20. The van der Waals surface area contributed by atoms with Crippen molar-refractivity contribution in [3.63, 3.8) is 0 Å². The number of unbranched alkanes of at least 4 members (excludes halogenated alkanes) is 7. The molecule has 0 fully saturated rings. The van der Waals surface area contributed by atoms with Crippen LogP contribution in [0.5, 0.6) is 0 Å². The lowest BCUT2D eigenvalue weighted by Crippen LogP contribution is -2.29. The zero-order valence-corrected chi connectivity index (χ0v) is 15.5. The highest BCUT2D eigenvalue weighted by molar-refractivity contribution is 5.70. The summed E-state index contributed by atoms with van der Waals surface area (Å²) in [5.41, 5.74) is 0. The summed E-state index contributed by atoms with van der Waals surface area (Å²) in [6, 6.07) is 0. The van der Waals surface area contributed by atoms with Crippen LogP contribution in [0.25, 0.3) is 0 Å². The molecule has 0 saturated heterocycles. The van der Waals surface area contributed by atoms with Crippen LogP contribution in [0.4, 0.5) is 0 Å². The number of carbonyl (C=O) groups is 1. The summed E-state index contributed by atoms with van der Waals surface area (Å²) in [5.74, 6) is -1.09. The summed E-state index contributed by atoms with van der Waals surface area (Å²) in [6.07, 6.45) is 8.35. The Morgan fingerprint density at radius 3 is 1.92 bits per heavy atom. The van der Waals surface area contributed by atoms with Gasteiger partial charge in [-0.25, -0.2) is 4.79 Å². The zero-order valence-electron chi connectivity index (χ0n) is 15.5. The van der Waals surface area contributed by atoms with E-state index in [9.17, 15) is 4.79 Å². The van der Waals surface area contributed by atoms with Gasteiger partial charge < -0.3 is 24.1 Å². The van der Waals surface area contributed by atoms with Crippen molar-refractivity contribution < 1.29 is 28.8 Å². The predicted octanol–water partition coefficient (Wildman–Crippen LogP) is 3.62. The Bertz CT molecular complexity index is 272.